The number of carbonyl (C=O) groups excluding carboxylic acids is 4. The van der Waals surface area contributed by atoms with Gasteiger partial charge in [0.25, 0.3) is 11.8 Å². The van der Waals surface area contributed by atoms with Crippen LogP contribution >= 0.6 is 11.6 Å². The number of anilines is 2. The van der Waals surface area contributed by atoms with Crippen molar-refractivity contribution in [2.45, 2.75) is 38.0 Å². The Morgan fingerprint density at radius 2 is 1.50 bits per heavy atom. The average Bonchev–Trinajstić information content (AvgIpc) is 3.49. The number of imide groups is 2. The molecule has 4 aromatic rings. The normalized spacial score (nSPS) is 27.2. The number of aromatic hydroxyl groups is 1. The number of nitrogens with one attached hydrogen (secondary N) is 1. The van der Waals surface area contributed by atoms with E-state index in [1.165, 1.54) is 29.2 Å². The largest absolute Gasteiger partial charge is 0.507 e. The van der Waals surface area contributed by atoms with Crippen LogP contribution in [0.15, 0.2) is 103 Å². The topological polar surface area (TPSA) is 107 Å². The fraction of sp³-hybridized carbons (Fsp3) is 0.250. The van der Waals surface area contributed by atoms with Crippen molar-refractivity contribution in [2.75, 3.05) is 10.3 Å². The van der Waals surface area contributed by atoms with Gasteiger partial charge < -0.3 is 5.11 Å². The second-order valence-corrected chi connectivity index (χ2v) is 14.2. The number of halogens is 2. The molecule has 4 aliphatic rings. The Morgan fingerprint density at radius 3 is 2.16 bits per heavy atom. The van der Waals surface area contributed by atoms with E-state index in [4.69, 9.17) is 11.6 Å². The van der Waals surface area contributed by atoms with Gasteiger partial charge in [0.1, 0.15) is 11.6 Å². The molecule has 2 heterocycles. The number of rotatable bonds is 5. The molecular formula is C40H33ClFN3O5. The molecule has 8 rings (SSSR count). The van der Waals surface area contributed by atoms with Gasteiger partial charge in [0.2, 0.25) is 11.8 Å². The number of hydrogen-bond donors (Lipinski definition) is 2. The second kappa shape index (κ2) is 11.7. The van der Waals surface area contributed by atoms with Crippen LogP contribution in [-0.4, -0.2) is 33.7 Å². The van der Waals surface area contributed by atoms with E-state index >= 15 is 4.79 Å². The molecule has 1 saturated carbocycles. The standard InChI is InChI=1S/C40H33ClFN3O5/c1-21-18-23(19-22(2)35(21)46)34-29-16-17-30-33(38(49)44(36(30)47)28-6-4-3-5-7-28)31(29)20-32-37(48)45(43-27-14-12-26(42)13-15-27)39(50)40(32,34)24-8-10-25(41)11-9-24/h3-16,18-19,30-34,43,46H,17,20H2,1-2H3. The number of hydrogen-bond acceptors (Lipinski definition) is 6. The number of phenolic OH excluding ortho intramolecular Hbond substituents is 1. The number of carbonyl (C=O) groups is 4. The molecule has 2 saturated heterocycles. The monoisotopic (exact) mass is 689 g/mol. The zero-order valence-electron chi connectivity index (χ0n) is 27.3. The number of aryl methyl sites for hydroxylation is 2. The molecule has 6 atom stereocenters. The summed E-state index contributed by atoms with van der Waals surface area (Å²) in [5, 5.41) is 12.3. The lowest BCUT2D eigenvalue weighted by atomic mass is 9.49. The highest BCUT2D eigenvalue weighted by Gasteiger charge is 2.70. The van der Waals surface area contributed by atoms with Crippen LogP contribution in [0.4, 0.5) is 15.8 Å². The van der Waals surface area contributed by atoms with E-state index < -0.39 is 52.6 Å². The third-order valence-electron chi connectivity index (χ3n) is 11.1. The minimum atomic E-state index is -1.50. The highest BCUT2D eigenvalue weighted by atomic mass is 35.5. The molecule has 0 spiro atoms. The Kier molecular flexibility index (Phi) is 7.45. The van der Waals surface area contributed by atoms with Gasteiger partial charge in [0.15, 0.2) is 0 Å². The summed E-state index contributed by atoms with van der Waals surface area (Å²) in [5.41, 5.74) is 5.58. The molecule has 0 radical (unpaired) electrons. The lowest BCUT2D eigenvalue weighted by molar-refractivity contribution is -0.138. The molecule has 252 valence electrons. The maximum Gasteiger partial charge on any atom is 0.260 e. The Morgan fingerprint density at radius 1 is 0.840 bits per heavy atom. The summed E-state index contributed by atoms with van der Waals surface area (Å²) >= 11 is 6.36. The molecule has 2 aliphatic heterocycles. The van der Waals surface area contributed by atoms with Gasteiger partial charge in [0, 0.05) is 10.9 Å². The van der Waals surface area contributed by atoms with Gasteiger partial charge in [-0.05, 0) is 103 Å². The SMILES string of the molecule is Cc1cc(C2C3=CCC4C(=O)N(c5ccccc5)C(=O)C4C3CC3C(=O)N(Nc4ccc(F)cc4)C(=O)C32c2ccc(Cl)cc2)cc(C)c1O. The third kappa shape index (κ3) is 4.56. The van der Waals surface area contributed by atoms with E-state index in [-0.39, 0.29) is 30.4 Å². The van der Waals surface area contributed by atoms with Gasteiger partial charge in [-0.15, -0.1) is 0 Å². The minimum absolute atomic E-state index is 0.124. The van der Waals surface area contributed by atoms with Crippen molar-refractivity contribution in [3.63, 3.8) is 0 Å². The Hall–Kier alpha value is -5.28. The Bertz CT molecular complexity index is 2100. The molecule has 10 heteroatoms. The Balaban J connectivity index is 1.35. The molecule has 0 aromatic heterocycles. The molecule has 2 aliphatic carbocycles. The van der Waals surface area contributed by atoms with E-state index in [9.17, 15) is 23.9 Å². The van der Waals surface area contributed by atoms with Gasteiger partial charge in [0.05, 0.1) is 34.5 Å². The summed E-state index contributed by atoms with van der Waals surface area (Å²) in [7, 11) is 0. The van der Waals surface area contributed by atoms with Crippen LogP contribution < -0.4 is 10.3 Å². The summed E-state index contributed by atoms with van der Waals surface area (Å²) in [5.74, 6) is -5.56. The van der Waals surface area contributed by atoms with Gasteiger partial charge >= 0.3 is 0 Å². The van der Waals surface area contributed by atoms with Gasteiger partial charge in [-0.3, -0.25) is 29.5 Å². The fourth-order valence-electron chi connectivity index (χ4n) is 9.02. The number of nitrogens with zero attached hydrogens (tertiary/aromatic N) is 2. The molecule has 2 N–H and O–H groups in total. The van der Waals surface area contributed by atoms with Crippen molar-refractivity contribution in [3.05, 3.63) is 136 Å². The molecule has 50 heavy (non-hydrogen) atoms. The molecule has 3 fully saturated rings. The number of benzene rings is 4. The van der Waals surface area contributed by atoms with Crippen molar-refractivity contribution < 1.29 is 28.7 Å². The van der Waals surface area contributed by atoms with Gasteiger partial charge in [-0.1, -0.05) is 65.7 Å². The number of phenols is 1. The zero-order chi connectivity index (χ0) is 35.1. The van der Waals surface area contributed by atoms with Crippen molar-refractivity contribution in [2.24, 2.45) is 23.7 Å². The highest BCUT2D eigenvalue weighted by molar-refractivity contribution is 6.30. The van der Waals surface area contributed by atoms with Crippen LogP contribution in [0.25, 0.3) is 0 Å². The summed E-state index contributed by atoms with van der Waals surface area (Å²) in [6, 6.07) is 24.8. The maximum atomic E-state index is 15.2. The van der Waals surface area contributed by atoms with E-state index in [1.54, 1.807) is 62.4 Å². The third-order valence-corrected chi connectivity index (χ3v) is 11.4. The van der Waals surface area contributed by atoms with E-state index in [0.29, 0.717) is 38.7 Å². The van der Waals surface area contributed by atoms with E-state index in [0.717, 1.165) is 10.6 Å². The first-order valence-corrected chi connectivity index (χ1v) is 17.0. The summed E-state index contributed by atoms with van der Waals surface area (Å²) in [6.45, 7) is 3.57. The van der Waals surface area contributed by atoms with Crippen LogP contribution in [-0.2, 0) is 24.6 Å². The van der Waals surface area contributed by atoms with E-state index in [2.05, 4.69) is 5.43 Å². The minimum Gasteiger partial charge on any atom is -0.507 e. The van der Waals surface area contributed by atoms with Crippen LogP contribution in [0.5, 0.6) is 5.75 Å². The van der Waals surface area contributed by atoms with Gasteiger partial charge in [-0.2, -0.15) is 5.01 Å². The number of hydrazine groups is 1. The van der Waals surface area contributed by atoms with Crippen molar-refractivity contribution in [1.29, 1.82) is 0 Å². The highest BCUT2D eigenvalue weighted by Crippen LogP contribution is 2.64. The molecule has 0 bridgehead atoms. The molecule has 4 amide bonds. The smallest absolute Gasteiger partial charge is 0.260 e. The first-order valence-electron chi connectivity index (χ1n) is 16.6. The average molecular weight is 690 g/mol. The van der Waals surface area contributed by atoms with Crippen LogP contribution in [0.1, 0.15) is 41.0 Å². The summed E-state index contributed by atoms with van der Waals surface area (Å²) in [6.07, 6.45) is 2.42. The molecule has 6 unspecified atom stereocenters. The number of para-hydroxylation sites is 1. The molecule has 8 nitrogen and oxygen atoms in total. The second-order valence-electron chi connectivity index (χ2n) is 13.7. The van der Waals surface area contributed by atoms with Gasteiger partial charge in [-0.25, -0.2) is 4.39 Å². The number of allylic oxidation sites excluding steroid dienone is 2. The quantitative estimate of drug-likeness (QED) is 0.173. The lowest BCUT2D eigenvalue weighted by Crippen LogP contribution is -2.53. The molecular weight excluding hydrogens is 657 g/mol. The van der Waals surface area contributed by atoms with Crippen molar-refractivity contribution in [1.82, 2.24) is 5.01 Å². The Labute approximate surface area is 293 Å². The molecule has 4 aromatic carbocycles. The van der Waals surface area contributed by atoms with Crippen molar-refractivity contribution >= 4 is 46.6 Å². The predicted octanol–water partition coefficient (Wildman–Crippen LogP) is 6.99. The summed E-state index contributed by atoms with van der Waals surface area (Å²) in [4.78, 5) is 59.5. The van der Waals surface area contributed by atoms with E-state index in [1.807, 2.05) is 24.3 Å². The maximum absolute atomic E-state index is 15.2. The number of amides is 4. The zero-order valence-corrected chi connectivity index (χ0v) is 28.0. The predicted molar refractivity (Wildman–Crippen MR) is 186 cm³/mol. The first kappa shape index (κ1) is 32.0. The van der Waals surface area contributed by atoms with Crippen LogP contribution in [0, 0.1) is 43.3 Å². The number of fused-ring (bicyclic) bond motifs is 4. The lowest BCUT2D eigenvalue weighted by Gasteiger charge is -2.50. The van der Waals surface area contributed by atoms with Crippen LogP contribution in [0.3, 0.4) is 0 Å². The first-order chi connectivity index (χ1) is 24.0. The fourth-order valence-corrected chi connectivity index (χ4v) is 9.14. The van der Waals surface area contributed by atoms with Crippen molar-refractivity contribution in [3.8, 4) is 5.75 Å². The van der Waals surface area contributed by atoms with Crippen LogP contribution in [0.2, 0.25) is 5.02 Å². The summed E-state index contributed by atoms with van der Waals surface area (Å²) < 4.78 is 13.8.